The average Bonchev–Trinajstić information content (AvgIpc) is 3.54. The maximum atomic E-state index is 12.8. The number of benzene rings is 2. The molecule has 2 N–H and O–H groups in total. The third-order valence-electron chi connectivity index (χ3n) is 4.91. The summed E-state index contributed by atoms with van der Waals surface area (Å²) in [5.74, 6) is -0.249. The molecule has 0 heterocycles. The number of nitrogens with one attached hydrogen (secondary N) is 2. The fourth-order valence-electron chi connectivity index (χ4n) is 3.11. The number of carbonyl (C=O) groups excluding carboxylic acids is 2. The van der Waals surface area contributed by atoms with Gasteiger partial charge in [0.1, 0.15) is 0 Å². The second kappa shape index (κ2) is 8.78. The van der Waals surface area contributed by atoms with Crippen LogP contribution >= 0.6 is 0 Å². The van der Waals surface area contributed by atoms with Crippen molar-refractivity contribution in [3.8, 4) is 0 Å². The third-order valence-corrected chi connectivity index (χ3v) is 6.89. The minimum absolute atomic E-state index is 0.000879. The minimum Gasteiger partial charge on any atom is -0.345 e. The van der Waals surface area contributed by atoms with Crippen molar-refractivity contribution < 1.29 is 18.0 Å². The molecule has 29 heavy (non-hydrogen) atoms. The van der Waals surface area contributed by atoms with E-state index < -0.39 is 15.7 Å². The number of hydrogen-bond donors (Lipinski definition) is 2. The highest BCUT2D eigenvalue weighted by molar-refractivity contribution is 7.91. The summed E-state index contributed by atoms with van der Waals surface area (Å²) in [6.07, 6.45) is 2.38. The smallest absolute Gasteiger partial charge is 0.253 e. The molecule has 1 atom stereocenters. The van der Waals surface area contributed by atoms with Crippen molar-refractivity contribution in [3.05, 3.63) is 59.7 Å². The van der Waals surface area contributed by atoms with Crippen LogP contribution in [0.3, 0.4) is 0 Å². The van der Waals surface area contributed by atoms with Crippen molar-refractivity contribution in [3.63, 3.8) is 0 Å². The Labute approximate surface area is 171 Å². The van der Waals surface area contributed by atoms with Crippen molar-refractivity contribution in [2.24, 2.45) is 5.92 Å². The molecule has 154 valence electrons. The second-order valence-corrected chi connectivity index (χ2v) is 9.47. The van der Waals surface area contributed by atoms with Crippen LogP contribution in [0.1, 0.15) is 55.1 Å². The lowest BCUT2D eigenvalue weighted by molar-refractivity contribution is -0.117. The molecule has 1 aliphatic carbocycles. The Morgan fingerprint density at radius 2 is 1.72 bits per heavy atom. The number of anilines is 1. The molecule has 1 aliphatic rings. The first-order valence-corrected chi connectivity index (χ1v) is 11.5. The molecule has 2 aromatic rings. The molecule has 0 saturated heterocycles. The zero-order valence-electron chi connectivity index (χ0n) is 16.6. The van der Waals surface area contributed by atoms with Crippen molar-refractivity contribution >= 4 is 27.3 Å². The molecular formula is C22H26N2O4S. The van der Waals surface area contributed by atoms with Gasteiger partial charge < -0.3 is 10.6 Å². The fraction of sp³-hybridized carbons (Fsp3) is 0.364. The van der Waals surface area contributed by atoms with Crippen LogP contribution in [-0.4, -0.2) is 26.0 Å². The van der Waals surface area contributed by atoms with Crippen LogP contribution in [0.25, 0.3) is 0 Å². The number of rotatable bonds is 8. The quantitative estimate of drug-likeness (QED) is 0.689. The van der Waals surface area contributed by atoms with Gasteiger partial charge in [-0.15, -0.1) is 0 Å². The van der Waals surface area contributed by atoms with Gasteiger partial charge in [0.15, 0.2) is 9.84 Å². The van der Waals surface area contributed by atoms with Crippen LogP contribution in [0.2, 0.25) is 0 Å². The van der Waals surface area contributed by atoms with Gasteiger partial charge in [0, 0.05) is 11.6 Å². The highest BCUT2D eigenvalue weighted by Gasteiger charge is 2.29. The third kappa shape index (κ3) is 5.23. The van der Waals surface area contributed by atoms with E-state index in [0.29, 0.717) is 6.42 Å². The predicted molar refractivity (Wildman–Crippen MR) is 112 cm³/mol. The molecule has 7 heteroatoms. The van der Waals surface area contributed by atoms with Gasteiger partial charge in [0.25, 0.3) is 5.91 Å². The van der Waals surface area contributed by atoms with Gasteiger partial charge in [-0.1, -0.05) is 31.2 Å². The van der Waals surface area contributed by atoms with E-state index in [1.54, 1.807) is 31.2 Å². The van der Waals surface area contributed by atoms with E-state index in [1.807, 2.05) is 19.1 Å². The first-order chi connectivity index (χ1) is 13.8. The normalized spacial score (nSPS) is 14.8. The second-order valence-electron chi connectivity index (χ2n) is 7.40. The van der Waals surface area contributed by atoms with E-state index in [4.69, 9.17) is 0 Å². The summed E-state index contributed by atoms with van der Waals surface area (Å²) in [5.41, 5.74) is 1.73. The Morgan fingerprint density at radius 3 is 2.34 bits per heavy atom. The monoisotopic (exact) mass is 414 g/mol. The number of hydrogen-bond acceptors (Lipinski definition) is 4. The Morgan fingerprint density at radius 1 is 1.07 bits per heavy atom. The van der Waals surface area contributed by atoms with Gasteiger partial charge in [-0.2, -0.15) is 0 Å². The van der Waals surface area contributed by atoms with Crippen LogP contribution < -0.4 is 10.6 Å². The summed E-state index contributed by atoms with van der Waals surface area (Å²) in [4.78, 5) is 24.7. The van der Waals surface area contributed by atoms with E-state index in [0.717, 1.165) is 24.1 Å². The maximum Gasteiger partial charge on any atom is 0.253 e. The standard InChI is InChI=1S/C22H26N2O4S/c1-3-14-29(27,28)20-7-5-4-6-19(20)22(26)23-15(2)16-10-12-18(13-11-16)24-21(25)17-8-9-17/h4-7,10-13,15,17H,3,8-9,14H2,1-2H3,(H,23,26)(H,24,25). The van der Waals surface area contributed by atoms with Crippen molar-refractivity contribution in [1.82, 2.24) is 5.32 Å². The van der Waals surface area contributed by atoms with E-state index in [9.17, 15) is 18.0 Å². The van der Waals surface area contributed by atoms with E-state index in [-0.39, 0.29) is 34.1 Å². The first-order valence-electron chi connectivity index (χ1n) is 9.85. The molecule has 3 rings (SSSR count). The Hall–Kier alpha value is -2.67. The van der Waals surface area contributed by atoms with Gasteiger partial charge in [0.05, 0.1) is 22.3 Å². The van der Waals surface area contributed by atoms with Gasteiger partial charge >= 0.3 is 0 Å². The predicted octanol–water partition coefficient (Wildman–Crippen LogP) is 3.71. The lowest BCUT2D eigenvalue weighted by Crippen LogP contribution is -2.28. The summed E-state index contributed by atoms with van der Waals surface area (Å²) < 4.78 is 25.0. The Kier molecular flexibility index (Phi) is 6.37. The average molecular weight is 415 g/mol. The minimum atomic E-state index is -3.51. The maximum absolute atomic E-state index is 12.8. The molecule has 0 aromatic heterocycles. The van der Waals surface area contributed by atoms with Gasteiger partial charge in [-0.3, -0.25) is 9.59 Å². The van der Waals surface area contributed by atoms with Gasteiger partial charge in [-0.05, 0) is 56.0 Å². The molecule has 1 unspecified atom stereocenters. The largest absolute Gasteiger partial charge is 0.345 e. The zero-order valence-corrected chi connectivity index (χ0v) is 17.5. The van der Waals surface area contributed by atoms with Crippen molar-refractivity contribution in [1.29, 1.82) is 0 Å². The summed E-state index contributed by atoms with van der Waals surface area (Å²) in [6.45, 7) is 3.62. The van der Waals surface area contributed by atoms with Crippen LogP contribution in [0.5, 0.6) is 0 Å². The van der Waals surface area contributed by atoms with Crippen LogP contribution in [0, 0.1) is 5.92 Å². The number of amides is 2. The molecular weight excluding hydrogens is 388 g/mol. The molecule has 0 bridgehead atoms. The van der Waals surface area contributed by atoms with Crippen LogP contribution in [-0.2, 0) is 14.6 Å². The molecule has 1 saturated carbocycles. The Balaban J connectivity index is 1.70. The zero-order chi connectivity index (χ0) is 21.0. The summed E-state index contributed by atoms with van der Waals surface area (Å²) in [6, 6.07) is 13.2. The summed E-state index contributed by atoms with van der Waals surface area (Å²) >= 11 is 0. The van der Waals surface area contributed by atoms with E-state index in [2.05, 4.69) is 10.6 Å². The van der Waals surface area contributed by atoms with Crippen LogP contribution in [0.15, 0.2) is 53.4 Å². The van der Waals surface area contributed by atoms with E-state index in [1.165, 1.54) is 12.1 Å². The SMILES string of the molecule is CCCS(=O)(=O)c1ccccc1C(=O)NC(C)c1ccc(NC(=O)C2CC2)cc1. The number of carbonyl (C=O) groups is 2. The molecule has 6 nitrogen and oxygen atoms in total. The van der Waals surface area contributed by atoms with Crippen LogP contribution in [0.4, 0.5) is 5.69 Å². The highest BCUT2D eigenvalue weighted by atomic mass is 32.2. The van der Waals surface area contributed by atoms with Gasteiger partial charge in [-0.25, -0.2) is 8.42 Å². The fourth-order valence-corrected chi connectivity index (χ4v) is 4.65. The molecule has 2 amide bonds. The van der Waals surface area contributed by atoms with E-state index >= 15 is 0 Å². The molecule has 0 spiro atoms. The lowest BCUT2D eigenvalue weighted by Gasteiger charge is -2.17. The van der Waals surface area contributed by atoms with Gasteiger partial charge in [0.2, 0.25) is 5.91 Å². The summed E-state index contributed by atoms with van der Waals surface area (Å²) in [7, 11) is -3.51. The lowest BCUT2D eigenvalue weighted by atomic mass is 10.1. The highest BCUT2D eigenvalue weighted by Crippen LogP contribution is 2.30. The molecule has 0 radical (unpaired) electrons. The molecule has 0 aliphatic heterocycles. The summed E-state index contributed by atoms with van der Waals surface area (Å²) in [5, 5.41) is 5.74. The van der Waals surface area contributed by atoms with Crippen molar-refractivity contribution in [2.45, 2.75) is 44.0 Å². The first kappa shape index (κ1) is 21.0. The Bertz CT molecular complexity index is 996. The van der Waals surface area contributed by atoms with Crippen molar-refractivity contribution in [2.75, 3.05) is 11.1 Å². The number of sulfone groups is 1. The topological polar surface area (TPSA) is 92.3 Å². The molecule has 1 fully saturated rings. The molecule has 2 aromatic carbocycles.